The van der Waals surface area contributed by atoms with Gasteiger partial charge in [-0.05, 0) is 26.3 Å². The average Bonchev–Trinajstić information content (AvgIpc) is 2.38. The summed E-state index contributed by atoms with van der Waals surface area (Å²) in [6.07, 6.45) is 0. The minimum atomic E-state index is -1.29. The maximum Gasteiger partial charge on any atom is 0.340 e. The minimum Gasteiger partial charge on any atom is -0.543 e. The molecule has 0 aliphatic rings. The molecule has 16 heavy (non-hydrogen) atoms. The number of aromatic nitrogens is 1. The predicted octanol–water partition coefficient (Wildman–Crippen LogP) is 0.182. The molecule has 0 atom stereocenters. The second-order valence-corrected chi connectivity index (χ2v) is 3.50. The van der Waals surface area contributed by atoms with E-state index in [1.807, 2.05) is 0 Å². The van der Waals surface area contributed by atoms with E-state index in [2.05, 4.69) is 0 Å². The van der Waals surface area contributed by atoms with Gasteiger partial charge in [0.1, 0.15) is 0 Å². The van der Waals surface area contributed by atoms with Gasteiger partial charge < -0.3 is 19.2 Å². The molecule has 0 saturated heterocycles. The van der Waals surface area contributed by atoms with E-state index in [0.717, 1.165) is 0 Å². The van der Waals surface area contributed by atoms with Gasteiger partial charge in [-0.15, -0.1) is 0 Å². The number of carboxylic acid groups (broad SMARTS) is 1. The van der Waals surface area contributed by atoms with Gasteiger partial charge in [0.15, 0.2) is 0 Å². The molecular weight excluding hydrogens is 210 g/mol. The third-order valence-electron chi connectivity index (χ3n) is 2.60. The zero-order valence-corrected chi connectivity index (χ0v) is 9.79. The number of esters is 1. The van der Waals surface area contributed by atoms with Crippen molar-refractivity contribution in [1.82, 2.24) is 4.57 Å². The van der Waals surface area contributed by atoms with Gasteiger partial charge in [0.2, 0.25) is 0 Å². The van der Waals surface area contributed by atoms with Crippen molar-refractivity contribution in [2.45, 2.75) is 20.8 Å². The lowest BCUT2D eigenvalue weighted by atomic mass is 10.1. The molecule has 0 unspecified atom stereocenters. The summed E-state index contributed by atoms with van der Waals surface area (Å²) < 4.78 is 6.30. The van der Waals surface area contributed by atoms with E-state index in [-0.39, 0.29) is 12.3 Å². The first-order valence-electron chi connectivity index (χ1n) is 4.96. The van der Waals surface area contributed by atoms with Crippen LogP contribution in [0.25, 0.3) is 0 Å². The van der Waals surface area contributed by atoms with Crippen LogP contribution in [-0.2, 0) is 11.8 Å². The first-order valence-corrected chi connectivity index (χ1v) is 4.96. The van der Waals surface area contributed by atoms with E-state index in [9.17, 15) is 14.7 Å². The minimum absolute atomic E-state index is 0.0144. The number of hydrogen-bond acceptors (Lipinski definition) is 4. The lowest BCUT2D eigenvalue weighted by molar-refractivity contribution is -0.255. The van der Waals surface area contributed by atoms with Gasteiger partial charge in [0.25, 0.3) is 0 Å². The Hall–Kier alpha value is -1.78. The van der Waals surface area contributed by atoms with E-state index < -0.39 is 11.9 Å². The summed E-state index contributed by atoms with van der Waals surface area (Å²) in [5.74, 6) is -1.79. The molecule has 1 rings (SSSR count). The molecule has 5 heteroatoms. The summed E-state index contributed by atoms with van der Waals surface area (Å²) in [5, 5.41) is 10.9. The van der Waals surface area contributed by atoms with Gasteiger partial charge in [-0.3, -0.25) is 0 Å². The third-order valence-corrected chi connectivity index (χ3v) is 2.60. The van der Waals surface area contributed by atoms with Crippen LogP contribution in [0.2, 0.25) is 0 Å². The second kappa shape index (κ2) is 4.38. The van der Waals surface area contributed by atoms with E-state index >= 15 is 0 Å². The summed E-state index contributed by atoms with van der Waals surface area (Å²) in [6.45, 7) is 5.20. The van der Waals surface area contributed by atoms with Gasteiger partial charge in [-0.2, -0.15) is 0 Å². The zero-order valence-electron chi connectivity index (χ0n) is 9.79. The molecule has 0 radical (unpaired) electrons. The Morgan fingerprint density at radius 1 is 1.38 bits per heavy atom. The molecular formula is C11H14NO4-. The smallest absolute Gasteiger partial charge is 0.340 e. The van der Waals surface area contributed by atoms with Gasteiger partial charge in [0.05, 0.1) is 23.8 Å². The van der Waals surface area contributed by atoms with Gasteiger partial charge in [-0.25, -0.2) is 4.79 Å². The highest BCUT2D eigenvalue weighted by Gasteiger charge is 2.22. The Balaban J connectivity index is 3.37. The maximum absolute atomic E-state index is 11.6. The third kappa shape index (κ3) is 1.80. The van der Waals surface area contributed by atoms with E-state index in [1.165, 1.54) is 4.57 Å². The topological polar surface area (TPSA) is 71.4 Å². The molecule has 1 heterocycles. The standard InChI is InChI=1S/C11H15NO4/c1-5-16-11(15)8-6(2)9(10(13)14)12(4)7(8)3/h5H2,1-4H3,(H,13,14)/p-1. The highest BCUT2D eigenvalue weighted by Crippen LogP contribution is 2.21. The van der Waals surface area contributed by atoms with Crippen molar-refractivity contribution in [3.63, 3.8) is 0 Å². The van der Waals surface area contributed by atoms with Crippen LogP contribution < -0.4 is 5.11 Å². The van der Waals surface area contributed by atoms with E-state index in [0.29, 0.717) is 16.8 Å². The number of carbonyl (C=O) groups is 2. The van der Waals surface area contributed by atoms with Crippen LogP contribution >= 0.6 is 0 Å². The molecule has 0 aliphatic heterocycles. The van der Waals surface area contributed by atoms with Crippen LogP contribution in [0.4, 0.5) is 0 Å². The molecule has 1 aromatic heterocycles. The quantitative estimate of drug-likeness (QED) is 0.687. The Labute approximate surface area is 93.6 Å². The molecule has 88 valence electrons. The van der Waals surface area contributed by atoms with Crippen LogP contribution in [0.15, 0.2) is 0 Å². The van der Waals surface area contributed by atoms with Crippen LogP contribution in [0.1, 0.15) is 39.0 Å². The van der Waals surface area contributed by atoms with Crippen molar-refractivity contribution in [3.8, 4) is 0 Å². The van der Waals surface area contributed by atoms with E-state index in [1.54, 1.807) is 27.8 Å². The lowest BCUT2D eigenvalue weighted by Crippen LogP contribution is -2.26. The highest BCUT2D eigenvalue weighted by atomic mass is 16.5. The molecule has 5 nitrogen and oxygen atoms in total. The first-order chi connectivity index (χ1) is 7.41. The Morgan fingerprint density at radius 3 is 2.31 bits per heavy atom. The van der Waals surface area contributed by atoms with Crippen molar-refractivity contribution >= 4 is 11.9 Å². The fourth-order valence-electron chi connectivity index (χ4n) is 1.77. The van der Waals surface area contributed by atoms with Gasteiger partial charge >= 0.3 is 5.97 Å². The summed E-state index contributed by atoms with van der Waals surface area (Å²) in [5.41, 5.74) is 1.28. The lowest BCUT2D eigenvalue weighted by Gasteiger charge is -2.05. The fourth-order valence-corrected chi connectivity index (χ4v) is 1.77. The number of nitrogens with zero attached hydrogens (tertiary/aromatic N) is 1. The SMILES string of the molecule is CCOC(=O)c1c(C)c(C(=O)[O-])n(C)c1C. The normalized spacial score (nSPS) is 10.2. The molecule has 0 fully saturated rings. The predicted molar refractivity (Wildman–Crippen MR) is 55.2 cm³/mol. The second-order valence-electron chi connectivity index (χ2n) is 3.50. The summed E-state index contributed by atoms with van der Waals surface area (Å²) in [4.78, 5) is 22.5. The summed E-state index contributed by atoms with van der Waals surface area (Å²) in [6, 6.07) is 0. The molecule has 0 N–H and O–H groups in total. The first kappa shape index (κ1) is 12.3. The zero-order chi connectivity index (χ0) is 12.5. The number of ether oxygens (including phenoxy) is 1. The molecule has 0 amide bonds. The van der Waals surface area contributed by atoms with Crippen LogP contribution in [0, 0.1) is 13.8 Å². The summed E-state index contributed by atoms with van der Waals surface area (Å²) in [7, 11) is 1.58. The van der Waals surface area contributed by atoms with Gasteiger partial charge in [-0.1, -0.05) is 0 Å². The number of rotatable bonds is 3. The molecule has 0 bridgehead atoms. The molecule has 0 saturated carbocycles. The van der Waals surface area contributed by atoms with Crippen molar-refractivity contribution < 1.29 is 19.4 Å². The molecule has 0 aromatic carbocycles. The number of carboxylic acids is 1. The van der Waals surface area contributed by atoms with Crippen molar-refractivity contribution in [1.29, 1.82) is 0 Å². The Bertz CT molecular complexity index is 445. The number of aromatic carboxylic acids is 1. The average molecular weight is 224 g/mol. The maximum atomic E-state index is 11.6. The molecule has 0 aliphatic carbocycles. The summed E-state index contributed by atoms with van der Waals surface area (Å²) >= 11 is 0. The van der Waals surface area contributed by atoms with Crippen molar-refractivity contribution in [2.24, 2.45) is 7.05 Å². The van der Waals surface area contributed by atoms with Crippen molar-refractivity contribution in [3.05, 3.63) is 22.5 Å². The largest absolute Gasteiger partial charge is 0.543 e. The van der Waals surface area contributed by atoms with Crippen molar-refractivity contribution in [2.75, 3.05) is 6.61 Å². The van der Waals surface area contributed by atoms with Crippen LogP contribution in [-0.4, -0.2) is 23.1 Å². The molecule has 1 aromatic rings. The monoisotopic (exact) mass is 224 g/mol. The fraction of sp³-hybridized carbons (Fsp3) is 0.455. The highest BCUT2D eigenvalue weighted by molar-refractivity contribution is 5.97. The van der Waals surface area contributed by atoms with Crippen LogP contribution in [0.3, 0.4) is 0 Å². The number of carbonyl (C=O) groups excluding carboxylic acids is 2. The van der Waals surface area contributed by atoms with Gasteiger partial charge in [0, 0.05) is 12.7 Å². The Kier molecular flexibility index (Phi) is 3.37. The Morgan fingerprint density at radius 2 is 1.94 bits per heavy atom. The van der Waals surface area contributed by atoms with Crippen LogP contribution in [0.5, 0.6) is 0 Å². The molecule has 0 spiro atoms. The van der Waals surface area contributed by atoms with E-state index in [4.69, 9.17) is 4.74 Å². The number of hydrogen-bond donors (Lipinski definition) is 0.